The first kappa shape index (κ1) is 37.1. The maximum Gasteiger partial charge on any atom is 0.297 e. The van der Waals surface area contributed by atoms with Crippen molar-refractivity contribution in [1.82, 2.24) is 0 Å². The minimum absolute atomic E-state index is 0.00600. The molecule has 0 spiro atoms. The third-order valence-corrected chi connectivity index (χ3v) is 5.87. The maximum absolute atomic E-state index is 11.9. The Kier molecular flexibility index (Phi) is 29.4. The van der Waals surface area contributed by atoms with E-state index in [1.807, 2.05) is 20.8 Å². The van der Waals surface area contributed by atoms with Crippen molar-refractivity contribution in [3.63, 3.8) is 0 Å². The van der Waals surface area contributed by atoms with Gasteiger partial charge in [0, 0.05) is 13.2 Å². The van der Waals surface area contributed by atoms with Crippen LogP contribution in [-0.2, 0) is 33.2 Å². The summed E-state index contributed by atoms with van der Waals surface area (Å²) in [4.78, 5) is 0.164. The first-order chi connectivity index (χ1) is 17.5. The van der Waals surface area contributed by atoms with Crippen LogP contribution in [0.1, 0.15) is 71.8 Å². The van der Waals surface area contributed by atoms with Crippen molar-refractivity contribution in [2.45, 2.75) is 78.0 Å². The van der Waals surface area contributed by atoms with E-state index in [4.69, 9.17) is 28.2 Å². The Labute approximate surface area is 220 Å². The van der Waals surface area contributed by atoms with Gasteiger partial charge in [0.25, 0.3) is 10.1 Å². The number of benzene rings is 1. The van der Waals surface area contributed by atoms with Crippen molar-refractivity contribution in [2.75, 3.05) is 66.1 Å². The van der Waals surface area contributed by atoms with E-state index in [1.54, 1.807) is 12.1 Å². The molecule has 0 aliphatic carbocycles. The molecule has 1 aromatic carbocycles. The van der Waals surface area contributed by atoms with E-state index in [2.05, 4.69) is 13.8 Å². The molecule has 0 aliphatic rings. The topological polar surface area (TPSA) is 101 Å². The lowest BCUT2D eigenvalue weighted by Crippen LogP contribution is -2.13. The van der Waals surface area contributed by atoms with Crippen LogP contribution >= 0.6 is 0 Å². The van der Waals surface area contributed by atoms with E-state index in [1.165, 1.54) is 37.8 Å². The Morgan fingerprint density at radius 3 is 1.50 bits per heavy atom. The van der Waals surface area contributed by atoms with Gasteiger partial charge in [-0.25, -0.2) is 0 Å². The molecule has 1 rings (SSSR count). The Balaban J connectivity index is 0. The van der Waals surface area contributed by atoms with Gasteiger partial charge in [0.15, 0.2) is 0 Å². The summed E-state index contributed by atoms with van der Waals surface area (Å²) in [6, 6.07) is 6.55. The van der Waals surface area contributed by atoms with Crippen LogP contribution in [0.15, 0.2) is 29.2 Å². The highest BCUT2D eigenvalue weighted by Gasteiger charge is 2.14. The second-order valence-corrected chi connectivity index (χ2v) is 9.29. The molecule has 9 heteroatoms. The van der Waals surface area contributed by atoms with E-state index in [0.717, 1.165) is 31.6 Å². The monoisotopic (exact) mass is 536 g/mol. The van der Waals surface area contributed by atoms with E-state index < -0.39 is 10.1 Å². The van der Waals surface area contributed by atoms with Gasteiger partial charge >= 0.3 is 0 Å². The normalized spacial score (nSPS) is 10.8. The average molecular weight is 537 g/mol. The van der Waals surface area contributed by atoms with Crippen LogP contribution in [0.3, 0.4) is 0 Å². The lowest BCUT2D eigenvalue weighted by molar-refractivity contribution is 0.0321. The molecule has 0 aromatic heterocycles. The average Bonchev–Trinajstić information content (AvgIpc) is 2.88. The molecule has 0 bridgehead atoms. The van der Waals surface area contributed by atoms with Gasteiger partial charge in [0.1, 0.15) is 0 Å². The largest absolute Gasteiger partial charge is 0.394 e. The van der Waals surface area contributed by atoms with Crippen molar-refractivity contribution in [2.24, 2.45) is 0 Å². The summed E-state index contributed by atoms with van der Waals surface area (Å²) in [6.45, 7) is 14.7. The Morgan fingerprint density at radius 1 is 0.639 bits per heavy atom. The Bertz CT molecular complexity index is 640. The molecule has 0 amide bonds. The van der Waals surface area contributed by atoms with Crippen molar-refractivity contribution < 1.29 is 36.7 Å². The van der Waals surface area contributed by atoms with Crippen LogP contribution in [0.4, 0.5) is 0 Å². The second kappa shape index (κ2) is 28.5. The first-order valence-electron chi connectivity index (χ1n) is 13.4. The number of hydrogen-bond acceptors (Lipinski definition) is 8. The quantitative estimate of drug-likeness (QED) is 0.170. The minimum Gasteiger partial charge on any atom is -0.394 e. The molecule has 36 heavy (non-hydrogen) atoms. The molecule has 0 saturated carbocycles. The van der Waals surface area contributed by atoms with Gasteiger partial charge in [-0.2, -0.15) is 8.42 Å². The number of ether oxygens (including phenoxy) is 4. The highest BCUT2D eigenvalue weighted by molar-refractivity contribution is 7.86. The minimum atomic E-state index is -3.70. The fraction of sp³-hybridized carbons (Fsp3) is 0.778. The summed E-state index contributed by atoms with van der Waals surface area (Å²) in [5.74, 6) is 0. The lowest BCUT2D eigenvalue weighted by Gasteiger charge is -2.07. The molecule has 0 atom stereocenters. The molecule has 8 nitrogen and oxygen atoms in total. The fourth-order valence-corrected chi connectivity index (χ4v) is 3.49. The van der Waals surface area contributed by atoms with Gasteiger partial charge in [-0.15, -0.1) is 0 Å². The predicted molar refractivity (Wildman–Crippen MR) is 145 cm³/mol. The van der Waals surface area contributed by atoms with Gasteiger partial charge in [-0.05, 0) is 31.9 Å². The van der Waals surface area contributed by atoms with Gasteiger partial charge in [0.05, 0.1) is 57.8 Å². The molecule has 0 unspecified atom stereocenters. The standard InChI is InChI=1S/C16H26O5S.C9H20O3.C2H6/c1-3-4-5-10-19-11-12-20-13-14-21-22(17,18)16-8-6-15(2)7-9-16;1-2-3-4-6-11-8-9-12-7-5-10;1-2/h6-9H,3-5,10-14H2,1-2H3;10H,2-9H2,1H3;1-2H3. The van der Waals surface area contributed by atoms with Crippen molar-refractivity contribution >= 4 is 10.1 Å². The molecular formula is C27H52O8S. The third kappa shape index (κ3) is 24.6. The zero-order chi connectivity index (χ0) is 27.3. The summed E-state index contributed by atoms with van der Waals surface area (Å²) in [6.07, 6.45) is 7.00. The fourth-order valence-electron chi connectivity index (χ4n) is 2.59. The second-order valence-electron chi connectivity index (χ2n) is 7.68. The zero-order valence-corrected chi connectivity index (χ0v) is 24.2. The van der Waals surface area contributed by atoms with Crippen molar-refractivity contribution in [1.29, 1.82) is 0 Å². The van der Waals surface area contributed by atoms with Gasteiger partial charge in [0.2, 0.25) is 0 Å². The summed E-state index contributed by atoms with van der Waals surface area (Å²) in [7, 11) is -3.70. The highest BCUT2D eigenvalue weighted by atomic mass is 32.2. The van der Waals surface area contributed by atoms with Gasteiger partial charge < -0.3 is 24.1 Å². The van der Waals surface area contributed by atoms with Crippen molar-refractivity contribution in [3.05, 3.63) is 29.8 Å². The molecule has 214 valence electrons. The van der Waals surface area contributed by atoms with Crippen LogP contribution in [0.25, 0.3) is 0 Å². The molecule has 0 aliphatic heterocycles. The maximum atomic E-state index is 11.9. The molecule has 1 aromatic rings. The summed E-state index contributed by atoms with van der Waals surface area (Å²) in [5, 5.41) is 8.37. The summed E-state index contributed by atoms with van der Waals surface area (Å²) in [5.41, 5.74) is 1.00. The third-order valence-electron chi connectivity index (χ3n) is 4.54. The smallest absolute Gasteiger partial charge is 0.297 e. The number of rotatable bonds is 21. The highest BCUT2D eigenvalue weighted by Crippen LogP contribution is 2.12. The summed E-state index contributed by atoms with van der Waals surface area (Å²) >= 11 is 0. The van der Waals surface area contributed by atoms with Crippen molar-refractivity contribution in [3.8, 4) is 0 Å². The van der Waals surface area contributed by atoms with Crippen LogP contribution in [0, 0.1) is 6.92 Å². The Hall–Kier alpha value is -1.07. The SMILES string of the molecule is CC.CCCCCOCCOCCO.CCCCCOCCOCCOS(=O)(=O)c1ccc(C)cc1. The zero-order valence-electron chi connectivity index (χ0n) is 23.3. The van der Waals surface area contributed by atoms with Gasteiger partial charge in [-0.1, -0.05) is 71.1 Å². The van der Waals surface area contributed by atoms with E-state index in [0.29, 0.717) is 33.0 Å². The van der Waals surface area contributed by atoms with E-state index in [9.17, 15) is 8.42 Å². The van der Waals surface area contributed by atoms with E-state index in [-0.39, 0.29) is 24.7 Å². The number of hydrogen-bond donors (Lipinski definition) is 1. The molecule has 0 radical (unpaired) electrons. The number of aryl methyl sites for hydroxylation is 1. The lowest BCUT2D eigenvalue weighted by atomic mass is 10.2. The van der Waals surface area contributed by atoms with Crippen LogP contribution in [-0.4, -0.2) is 79.6 Å². The molecule has 0 saturated heterocycles. The van der Waals surface area contributed by atoms with Gasteiger partial charge in [-0.3, -0.25) is 4.18 Å². The number of aliphatic hydroxyl groups excluding tert-OH is 1. The van der Waals surface area contributed by atoms with Crippen LogP contribution in [0.2, 0.25) is 0 Å². The molecule has 0 fully saturated rings. The van der Waals surface area contributed by atoms with E-state index >= 15 is 0 Å². The van der Waals surface area contributed by atoms with Crippen LogP contribution < -0.4 is 0 Å². The number of aliphatic hydroxyl groups is 1. The number of unbranched alkanes of at least 4 members (excludes halogenated alkanes) is 4. The Morgan fingerprint density at radius 2 is 1.06 bits per heavy atom. The molecular weight excluding hydrogens is 484 g/mol. The first-order valence-corrected chi connectivity index (χ1v) is 14.8. The molecule has 1 N–H and O–H groups in total. The van der Waals surface area contributed by atoms with Crippen LogP contribution in [0.5, 0.6) is 0 Å². The molecule has 0 heterocycles. The predicted octanol–water partition coefficient (Wildman–Crippen LogP) is 5.15. The summed E-state index contributed by atoms with van der Waals surface area (Å²) < 4.78 is 49.6.